The number of benzene rings is 1. The van der Waals surface area contributed by atoms with Gasteiger partial charge in [0.1, 0.15) is 4.21 Å². The van der Waals surface area contributed by atoms with Crippen LogP contribution in [0.25, 0.3) is 0 Å². The number of hydrazine groups is 1. The maximum Gasteiger partial charge on any atom is 0.271 e. The summed E-state index contributed by atoms with van der Waals surface area (Å²) in [6.45, 7) is 0. The second-order valence-corrected chi connectivity index (χ2v) is 8.03. The minimum atomic E-state index is -3.72. The van der Waals surface area contributed by atoms with Crippen molar-refractivity contribution in [1.29, 1.82) is 0 Å². The number of thiophene rings is 1. The highest BCUT2D eigenvalue weighted by Crippen LogP contribution is 2.20. The first-order valence-electron chi connectivity index (χ1n) is 7.53. The van der Waals surface area contributed by atoms with Crippen LogP contribution >= 0.6 is 11.3 Å². The number of amides is 1. The number of carboxylic acid groups (broad SMARTS) is 2. The zero-order valence-electron chi connectivity index (χ0n) is 14.0. The largest absolute Gasteiger partial charge is 0.550 e. The highest BCUT2D eigenvalue weighted by Gasteiger charge is 2.15. The minimum Gasteiger partial charge on any atom is -0.550 e. The summed E-state index contributed by atoms with van der Waals surface area (Å²) in [7, 11) is -3.72. The molecule has 3 N–H and O–H groups in total. The average Bonchev–Trinajstić information content (AvgIpc) is 3.17. The van der Waals surface area contributed by atoms with Crippen molar-refractivity contribution in [2.24, 2.45) is 0 Å². The highest BCUT2D eigenvalue weighted by atomic mass is 32.2. The Morgan fingerprint density at radius 2 is 1.71 bits per heavy atom. The van der Waals surface area contributed by atoms with Crippen LogP contribution in [-0.2, 0) is 19.6 Å². The van der Waals surface area contributed by atoms with Crippen LogP contribution in [-0.4, -0.2) is 26.3 Å². The Balaban J connectivity index is 2.00. The van der Waals surface area contributed by atoms with Gasteiger partial charge in [-0.15, -0.1) is 11.3 Å². The first kappa shape index (κ1) is 20.9. The van der Waals surface area contributed by atoms with Crippen LogP contribution in [0.5, 0.6) is 0 Å². The standard InChI is InChI=1S/C16H15N3O7S2/c20-13(21)8-7-12(16(23)24)17-18-15(22)10-3-5-11(6-4-10)19-28(25,26)14-2-1-9-27-14/h1-7,9,17,19H,8H2,(H,18,22)(H,20,21)(H,23,24)/p-2/b12-7+. The predicted octanol–water partition coefficient (Wildman–Crippen LogP) is -1.44. The van der Waals surface area contributed by atoms with E-state index in [1.807, 2.05) is 5.43 Å². The number of sulfonamides is 1. The molecular formula is C16H13N3O7S2-2. The van der Waals surface area contributed by atoms with Gasteiger partial charge in [-0.25, -0.2) is 8.42 Å². The molecule has 0 unspecified atom stereocenters. The van der Waals surface area contributed by atoms with E-state index in [1.54, 1.807) is 11.4 Å². The Kier molecular flexibility index (Phi) is 6.74. The van der Waals surface area contributed by atoms with Gasteiger partial charge in [0.25, 0.3) is 15.9 Å². The molecule has 28 heavy (non-hydrogen) atoms. The number of aliphatic carboxylic acids is 2. The lowest BCUT2D eigenvalue weighted by molar-refractivity contribution is -0.304. The molecule has 0 spiro atoms. The summed E-state index contributed by atoms with van der Waals surface area (Å²) in [6.07, 6.45) is 0.0820. The van der Waals surface area contributed by atoms with Crippen molar-refractivity contribution in [3.63, 3.8) is 0 Å². The third-order valence-corrected chi connectivity index (χ3v) is 5.94. The van der Waals surface area contributed by atoms with Crippen molar-refractivity contribution in [3.8, 4) is 0 Å². The van der Waals surface area contributed by atoms with Crippen LogP contribution in [0.3, 0.4) is 0 Å². The van der Waals surface area contributed by atoms with Gasteiger partial charge >= 0.3 is 0 Å². The molecule has 0 saturated heterocycles. The predicted molar refractivity (Wildman–Crippen MR) is 94.9 cm³/mol. The third kappa shape index (κ3) is 5.82. The number of carbonyl (C=O) groups is 3. The van der Waals surface area contributed by atoms with Gasteiger partial charge in [0.2, 0.25) is 0 Å². The van der Waals surface area contributed by atoms with Gasteiger partial charge in [-0.05, 0) is 35.7 Å². The second-order valence-electron chi connectivity index (χ2n) is 5.18. The van der Waals surface area contributed by atoms with Crippen molar-refractivity contribution >= 4 is 44.9 Å². The quantitative estimate of drug-likeness (QED) is 0.325. The number of rotatable bonds is 9. The molecule has 10 nitrogen and oxygen atoms in total. The molecule has 0 saturated carbocycles. The molecule has 1 aromatic heterocycles. The summed E-state index contributed by atoms with van der Waals surface area (Å²) in [5, 5.41) is 22.8. The molecule has 1 amide bonds. The van der Waals surface area contributed by atoms with Crippen LogP contribution in [0, 0.1) is 0 Å². The summed E-state index contributed by atoms with van der Waals surface area (Å²) in [5.41, 5.74) is 3.77. The maximum atomic E-state index is 12.1. The zero-order chi connectivity index (χ0) is 20.7. The molecule has 0 aliphatic carbocycles. The van der Waals surface area contributed by atoms with Crippen molar-refractivity contribution < 1.29 is 33.0 Å². The summed E-state index contributed by atoms with van der Waals surface area (Å²) < 4.78 is 26.8. The summed E-state index contributed by atoms with van der Waals surface area (Å²) >= 11 is 1.05. The monoisotopic (exact) mass is 423 g/mol. The molecule has 0 bridgehead atoms. The third-order valence-electron chi connectivity index (χ3n) is 3.16. The normalized spacial score (nSPS) is 11.5. The van der Waals surface area contributed by atoms with E-state index in [0.717, 1.165) is 17.4 Å². The highest BCUT2D eigenvalue weighted by molar-refractivity contribution is 7.94. The molecular weight excluding hydrogens is 410 g/mol. The molecule has 0 aliphatic heterocycles. The lowest BCUT2D eigenvalue weighted by Gasteiger charge is -2.13. The molecule has 12 heteroatoms. The van der Waals surface area contributed by atoms with Crippen LogP contribution in [0.4, 0.5) is 5.69 Å². The molecule has 148 valence electrons. The van der Waals surface area contributed by atoms with Crippen LogP contribution in [0.1, 0.15) is 16.8 Å². The zero-order valence-corrected chi connectivity index (χ0v) is 15.6. The Bertz CT molecular complexity index is 997. The molecule has 0 fully saturated rings. The topological polar surface area (TPSA) is 168 Å². The lowest BCUT2D eigenvalue weighted by Crippen LogP contribution is -2.43. The Morgan fingerprint density at radius 1 is 1.04 bits per heavy atom. The van der Waals surface area contributed by atoms with E-state index in [0.29, 0.717) is 0 Å². The Hall–Kier alpha value is -3.38. The molecule has 1 heterocycles. The molecule has 0 radical (unpaired) electrons. The van der Waals surface area contributed by atoms with Gasteiger partial charge in [-0.2, -0.15) is 0 Å². The molecule has 2 aromatic rings. The molecule has 0 atom stereocenters. The van der Waals surface area contributed by atoms with Gasteiger partial charge < -0.3 is 19.8 Å². The van der Waals surface area contributed by atoms with Crippen molar-refractivity contribution in [2.45, 2.75) is 10.6 Å². The first-order valence-corrected chi connectivity index (χ1v) is 9.89. The Labute approximate surface area is 163 Å². The smallest absolute Gasteiger partial charge is 0.271 e. The molecule has 2 rings (SSSR count). The van der Waals surface area contributed by atoms with Crippen molar-refractivity contribution in [1.82, 2.24) is 10.9 Å². The van der Waals surface area contributed by atoms with Gasteiger partial charge in [0, 0.05) is 23.6 Å². The number of hydrogen-bond acceptors (Lipinski definition) is 9. The summed E-state index contributed by atoms with van der Waals surface area (Å²) in [4.78, 5) is 33.2. The van der Waals surface area contributed by atoms with E-state index in [9.17, 15) is 33.0 Å². The van der Waals surface area contributed by atoms with Gasteiger partial charge in [-0.1, -0.05) is 12.1 Å². The minimum absolute atomic E-state index is 0.0872. The fourth-order valence-electron chi connectivity index (χ4n) is 1.88. The summed E-state index contributed by atoms with van der Waals surface area (Å²) in [6, 6.07) is 8.38. The van der Waals surface area contributed by atoms with E-state index >= 15 is 0 Å². The fourth-order valence-corrected chi connectivity index (χ4v) is 3.93. The second kappa shape index (κ2) is 9.01. The average molecular weight is 423 g/mol. The van der Waals surface area contributed by atoms with Crippen LogP contribution in [0.2, 0.25) is 0 Å². The number of nitrogens with one attached hydrogen (secondary N) is 3. The SMILES string of the molecule is O=C([O-])C/C=C(/NNC(=O)c1ccc(NS(=O)(=O)c2cccs2)cc1)C(=O)[O-]. The van der Waals surface area contributed by atoms with E-state index in [4.69, 9.17) is 0 Å². The van der Waals surface area contributed by atoms with E-state index in [-0.39, 0.29) is 15.5 Å². The molecule has 0 aliphatic rings. The van der Waals surface area contributed by atoms with E-state index in [1.165, 1.54) is 30.3 Å². The fraction of sp³-hybridized carbons (Fsp3) is 0.0625. The van der Waals surface area contributed by atoms with Crippen LogP contribution < -0.4 is 25.8 Å². The Morgan fingerprint density at radius 3 is 2.25 bits per heavy atom. The van der Waals surface area contributed by atoms with Crippen molar-refractivity contribution in [2.75, 3.05) is 4.72 Å². The maximum absolute atomic E-state index is 12.1. The van der Waals surface area contributed by atoms with Crippen molar-refractivity contribution in [3.05, 3.63) is 59.1 Å². The van der Waals surface area contributed by atoms with Gasteiger partial charge in [-0.3, -0.25) is 20.4 Å². The lowest BCUT2D eigenvalue weighted by atomic mass is 10.2. The van der Waals surface area contributed by atoms with Gasteiger partial charge in [0.05, 0.1) is 11.7 Å². The number of anilines is 1. The number of hydrogen-bond donors (Lipinski definition) is 3. The number of carbonyl (C=O) groups excluding carboxylic acids is 3. The van der Waals surface area contributed by atoms with E-state index < -0.39 is 40.0 Å². The first-order chi connectivity index (χ1) is 13.2. The molecule has 1 aromatic carbocycles. The van der Waals surface area contributed by atoms with Gasteiger partial charge in [0.15, 0.2) is 0 Å². The van der Waals surface area contributed by atoms with E-state index in [2.05, 4.69) is 10.1 Å². The number of carboxylic acids is 2. The van der Waals surface area contributed by atoms with Crippen LogP contribution in [0.15, 0.2) is 57.8 Å². The summed E-state index contributed by atoms with van der Waals surface area (Å²) in [5.74, 6) is -3.97.